The van der Waals surface area contributed by atoms with Gasteiger partial charge in [-0.25, -0.2) is 0 Å². The van der Waals surface area contributed by atoms with Gasteiger partial charge in [-0.3, -0.25) is 4.79 Å². The molecule has 0 aliphatic heterocycles. The van der Waals surface area contributed by atoms with Crippen LogP contribution >= 0.6 is 0 Å². The fourth-order valence-electron chi connectivity index (χ4n) is 0.956. The third-order valence-electron chi connectivity index (χ3n) is 1.72. The van der Waals surface area contributed by atoms with E-state index >= 15 is 0 Å². The van der Waals surface area contributed by atoms with E-state index in [2.05, 4.69) is 13.5 Å². The van der Waals surface area contributed by atoms with E-state index in [-0.39, 0.29) is 5.92 Å². The molecule has 0 aromatic carbocycles. The van der Waals surface area contributed by atoms with Gasteiger partial charge < -0.3 is 5.11 Å². The molecule has 0 aliphatic carbocycles. The molecule has 0 rings (SSSR count). The zero-order valence-electron chi connectivity index (χ0n) is 7.05. The lowest BCUT2D eigenvalue weighted by Gasteiger charge is -2.04. The summed E-state index contributed by atoms with van der Waals surface area (Å²) in [5.41, 5.74) is 0. The number of unbranched alkanes of at least 4 members (excludes halogenated alkanes) is 2. The first kappa shape index (κ1) is 10.2. The Labute approximate surface area is 67.9 Å². The molecule has 0 aromatic heterocycles. The van der Waals surface area contributed by atoms with Gasteiger partial charge in [-0.1, -0.05) is 32.3 Å². The fraction of sp³-hybridized carbons (Fsp3) is 0.667. The molecule has 0 saturated carbocycles. The van der Waals surface area contributed by atoms with Crippen LogP contribution in [0.5, 0.6) is 0 Å². The Morgan fingerprint density at radius 2 is 2.27 bits per heavy atom. The molecule has 1 atom stereocenters. The van der Waals surface area contributed by atoms with Crippen LogP contribution in [0.1, 0.15) is 32.6 Å². The monoisotopic (exact) mass is 156 g/mol. The van der Waals surface area contributed by atoms with Gasteiger partial charge in [0.1, 0.15) is 0 Å². The highest BCUT2D eigenvalue weighted by atomic mass is 16.4. The van der Waals surface area contributed by atoms with Crippen molar-refractivity contribution in [1.29, 1.82) is 0 Å². The molecule has 0 aliphatic rings. The van der Waals surface area contributed by atoms with Crippen LogP contribution in [0.25, 0.3) is 0 Å². The highest BCUT2D eigenvalue weighted by Crippen LogP contribution is 2.10. The predicted molar refractivity (Wildman–Crippen MR) is 45.5 cm³/mol. The van der Waals surface area contributed by atoms with Crippen LogP contribution in [-0.4, -0.2) is 11.1 Å². The van der Waals surface area contributed by atoms with E-state index in [0.717, 1.165) is 25.7 Å². The molecule has 2 nitrogen and oxygen atoms in total. The van der Waals surface area contributed by atoms with Gasteiger partial charge in [-0.15, -0.1) is 6.58 Å². The third kappa shape index (κ3) is 4.59. The molecule has 0 spiro atoms. The van der Waals surface area contributed by atoms with E-state index in [9.17, 15) is 4.79 Å². The Morgan fingerprint density at radius 3 is 2.64 bits per heavy atom. The fourth-order valence-corrected chi connectivity index (χ4v) is 0.956. The van der Waals surface area contributed by atoms with Gasteiger partial charge in [0.05, 0.1) is 5.92 Å². The number of carbonyl (C=O) groups is 1. The standard InChI is InChI=1S/C9H16O2/c1-3-5-6-7-8(4-2)9(10)11/h4,8H,2-3,5-7H2,1H3,(H,10,11). The summed E-state index contributed by atoms with van der Waals surface area (Å²) in [4.78, 5) is 10.5. The lowest BCUT2D eigenvalue weighted by Crippen LogP contribution is -2.10. The maximum atomic E-state index is 10.5. The van der Waals surface area contributed by atoms with E-state index in [0.29, 0.717) is 0 Å². The van der Waals surface area contributed by atoms with Crippen LogP contribution in [0.2, 0.25) is 0 Å². The normalized spacial score (nSPS) is 12.5. The number of carboxylic acid groups (broad SMARTS) is 1. The lowest BCUT2D eigenvalue weighted by molar-refractivity contribution is -0.140. The smallest absolute Gasteiger partial charge is 0.310 e. The van der Waals surface area contributed by atoms with Gasteiger partial charge >= 0.3 is 5.97 Å². The second kappa shape index (κ2) is 5.96. The van der Waals surface area contributed by atoms with Crippen LogP contribution in [0.15, 0.2) is 12.7 Å². The molecule has 2 heteroatoms. The Kier molecular flexibility index (Phi) is 5.53. The van der Waals surface area contributed by atoms with Crippen LogP contribution in [-0.2, 0) is 4.79 Å². The molecular formula is C9H16O2. The molecule has 0 saturated heterocycles. The van der Waals surface area contributed by atoms with Crippen molar-refractivity contribution < 1.29 is 9.90 Å². The van der Waals surface area contributed by atoms with Gasteiger partial charge in [0.2, 0.25) is 0 Å². The summed E-state index contributed by atoms with van der Waals surface area (Å²) in [6, 6.07) is 0. The van der Waals surface area contributed by atoms with Crippen molar-refractivity contribution in [2.45, 2.75) is 32.6 Å². The second-order valence-corrected chi connectivity index (χ2v) is 2.68. The first-order valence-corrected chi connectivity index (χ1v) is 4.07. The minimum atomic E-state index is -0.754. The Morgan fingerprint density at radius 1 is 1.64 bits per heavy atom. The average molecular weight is 156 g/mol. The largest absolute Gasteiger partial charge is 0.481 e. The van der Waals surface area contributed by atoms with Crippen molar-refractivity contribution in [1.82, 2.24) is 0 Å². The van der Waals surface area contributed by atoms with Gasteiger partial charge in [-0.2, -0.15) is 0 Å². The average Bonchev–Trinajstić information content (AvgIpc) is 1.97. The van der Waals surface area contributed by atoms with Crippen molar-refractivity contribution in [3.8, 4) is 0 Å². The number of aliphatic carboxylic acids is 1. The highest BCUT2D eigenvalue weighted by molar-refractivity contribution is 5.71. The summed E-state index contributed by atoms with van der Waals surface area (Å²) in [5, 5.41) is 8.60. The molecule has 0 fully saturated rings. The molecular weight excluding hydrogens is 140 g/mol. The molecule has 11 heavy (non-hydrogen) atoms. The summed E-state index contributed by atoms with van der Waals surface area (Å²) in [7, 11) is 0. The summed E-state index contributed by atoms with van der Waals surface area (Å²) in [6.45, 7) is 5.58. The van der Waals surface area contributed by atoms with Crippen molar-refractivity contribution in [2.75, 3.05) is 0 Å². The maximum absolute atomic E-state index is 10.5. The molecule has 0 radical (unpaired) electrons. The van der Waals surface area contributed by atoms with E-state index in [1.54, 1.807) is 0 Å². The van der Waals surface area contributed by atoms with Crippen molar-refractivity contribution >= 4 is 5.97 Å². The molecule has 1 N–H and O–H groups in total. The number of carboxylic acids is 1. The van der Waals surface area contributed by atoms with Crippen LogP contribution in [0.4, 0.5) is 0 Å². The van der Waals surface area contributed by atoms with Crippen LogP contribution < -0.4 is 0 Å². The minimum absolute atomic E-state index is 0.346. The molecule has 64 valence electrons. The van der Waals surface area contributed by atoms with Crippen molar-refractivity contribution in [3.63, 3.8) is 0 Å². The van der Waals surface area contributed by atoms with Gasteiger partial charge in [-0.05, 0) is 6.42 Å². The van der Waals surface area contributed by atoms with E-state index < -0.39 is 5.97 Å². The van der Waals surface area contributed by atoms with Crippen LogP contribution in [0.3, 0.4) is 0 Å². The highest BCUT2D eigenvalue weighted by Gasteiger charge is 2.11. The van der Waals surface area contributed by atoms with E-state index in [1.165, 1.54) is 6.08 Å². The number of rotatable bonds is 6. The summed E-state index contributed by atoms with van der Waals surface area (Å²) < 4.78 is 0. The van der Waals surface area contributed by atoms with E-state index in [4.69, 9.17) is 5.11 Å². The molecule has 0 heterocycles. The first-order valence-electron chi connectivity index (χ1n) is 4.07. The summed E-state index contributed by atoms with van der Waals surface area (Å²) >= 11 is 0. The zero-order chi connectivity index (χ0) is 8.69. The Bertz CT molecular complexity index is 130. The number of hydrogen-bond donors (Lipinski definition) is 1. The maximum Gasteiger partial charge on any atom is 0.310 e. The Balaban J connectivity index is 3.52. The third-order valence-corrected chi connectivity index (χ3v) is 1.72. The summed E-state index contributed by atoms with van der Waals surface area (Å²) in [5.74, 6) is -1.10. The first-order chi connectivity index (χ1) is 5.22. The van der Waals surface area contributed by atoms with Gasteiger partial charge in [0, 0.05) is 0 Å². The van der Waals surface area contributed by atoms with Crippen molar-refractivity contribution in [3.05, 3.63) is 12.7 Å². The Hall–Kier alpha value is -0.790. The molecule has 1 unspecified atom stereocenters. The van der Waals surface area contributed by atoms with Gasteiger partial charge in [0.15, 0.2) is 0 Å². The SMILES string of the molecule is C=CC(CCCCC)C(=O)O. The van der Waals surface area contributed by atoms with Crippen molar-refractivity contribution in [2.24, 2.45) is 5.92 Å². The van der Waals surface area contributed by atoms with E-state index in [1.807, 2.05) is 0 Å². The second-order valence-electron chi connectivity index (χ2n) is 2.68. The zero-order valence-corrected chi connectivity index (χ0v) is 7.05. The summed E-state index contributed by atoms with van der Waals surface area (Å²) in [6.07, 6.45) is 5.46. The molecule has 0 bridgehead atoms. The number of hydrogen-bond acceptors (Lipinski definition) is 1. The van der Waals surface area contributed by atoms with Crippen LogP contribution in [0, 0.1) is 5.92 Å². The minimum Gasteiger partial charge on any atom is -0.481 e. The lowest BCUT2D eigenvalue weighted by atomic mass is 10.0. The quantitative estimate of drug-likeness (QED) is 0.473. The molecule has 0 amide bonds. The topological polar surface area (TPSA) is 37.3 Å². The molecule has 0 aromatic rings. The van der Waals surface area contributed by atoms with Gasteiger partial charge in [0.25, 0.3) is 0 Å². The predicted octanol–water partition coefficient (Wildman–Crippen LogP) is 2.45.